The highest BCUT2D eigenvalue weighted by Gasteiger charge is 2.28. The molecule has 3 rings (SSSR count). The number of nitrogens with zero attached hydrogens (tertiary/aromatic N) is 1. The molecule has 2 aromatic rings. The maximum Gasteiger partial charge on any atom is 0.246 e. The molecule has 1 saturated heterocycles. The van der Waals surface area contributed by atoms with Gasteiger partial charge in [-0.25, -0.2) is 0 Å². The summed E-state index contributed by atoms with van der Waals surface area (Å²) >= 11 is 0. The second-order valence-corrected chi connectivity index (χ2v) is 6.48. The van der Waals surface area contributed by atoms with Crippen molar-refractivity contribution < 1.29 is 9.53 Å². The molecule has 0 aromatic heterocycles. The summed E-state index contributed by atoms with van der Waals surface area (Å²) < 4.78 is 5.25. The molecule has 1 unspecified atom stereocenters. The molecule has 2 aromatic carbocycles. The predicted octanol–water partition coefficient (Wildman–Crippen LogP) is 4.25. The fourth-order valence-electron chi connectivity index (χ4n) is 3.43. The van der Waals surface area contributed by atoms with Crippen LogP contribution in [0.5, 0.6) is 5.75 Å². The summed E-state index contributed by atoms with van der Waals surface area (Å²) in [4.78, 5) is 15.4. The Balaban J connectivity index is 1.83. The third-order valence-electron chi connectivity index (χ3n) is 4.71. The summed E-state index contributed by atoms with van der Waals surface area (Å²) in [6.45, 7) is 1.93. The van der Waals surface area contributed by atoms with Crippen molar-refractivity contribution in [1.82, 2.24) is 4.90 Å². The van der Waals surface area contributed by atoms with E-state index >= 15 is 0 Å². The number of carbonyl (C=O) groups excluding carboxylic acids is 1. The molecule has 1 heterocycles. The monoisotopic (exact) mass is 338 g/mol. The Morgan fingerprint density at radius 3 is 2.40 bits per heavy atom. The lowest BCUT2D eigenvalue weighted by Gasteiger charge is -2.30. The number of amides is 1. The second kappa shape index (κ2) is 8.67. The Morgan fingerprint density at radius 1 is 1.00 bits per heavy atom. The molecule has 4 nitrogen and oxygen atoms in total. The number of likely N-dealkylation sites (tertiary alicyclic amines) is 1. The van der Waals surface area contributed by atoms with Gasteiger partial charge in [-0.2, -0.15) is 0 Å². The molecule has 1 amide bonds. The molecule has 0 saturated carbocycles. The molecule has 1 atom stereocenters. The van der Waals surface area contributed by atoms with Crippen LogP contribution in [-0.4, -0.2) is 31.0 Å². The Morgan fingerprint density at radius 2 is 1.72 bits per heavy atom. The number of carbonyl (C=O) groups is 1. The highest BCUT2D eigenvalue weighted by Crippen LogP contribution is 2.26. The topological polar surface area (TPSA) is 41.6 Å². The van der Waals surface area contributed by atoms with E-state index in [0.29, 0.717) is 0 Å². The number of hydrogen-bond acceptors (Lipinski definition) is 3. The number of anilines is 1. The molecular weight excluding hydrogens is 312 g/mol. The number of rotatable bonds is 5. The number of nitrogens with one attached hydrogen (secondary N) is 1. The van der Waals surface area contributed by atoms with Gasteiger partial charge in [0.05, 0.1) is 7.11 Å². The number of ether oxygens (including phenoxy) is 1. The summed E-state index contributed by atoms with van der Waals surface area (Å²) in [5, 5.41) is 3.07. The number of methoxy groups -OCH3 is 1. The van der Waals surface area contributed by atoms with Crippen LogP contribution in [0, 0.1) is 0 Å². The van der Waals surface area contributed by atoms with Crippen LogP contribution in [0.3, 0.4) is 0 Å². The molecular formula is C21H26N2O2. The van der Waals surface area contributed by atoms with E-state index in [0.717, 1.165) is 42.9 Å². The van der Waals surface area contributed by atoms with Crippen LogP contribution >= 0.6 is 0 Å². The van der Waals surface area contributed by atoms with Gasteiger partial charge in [-0.05, 0) is 43.6 Å². The zero-order valence-corrected chi connectivity index (χ0v) is 14.8. The third kappa shape index (κ3) is 4.60. The Bertz CT molecular complexity index is 679. The lowest BCUT2D eigenvalue weighted by atomic mass is 10.0. The van der Waals surface area contributed by atoms with E-state index in [9.17, 15) is 4.79 Å². The lowest BCUT2D eigenvalue weighted by Crippen LogP contribution is -2.38. The van der Waals surface area contributed by atoms with Crippen molar-refractivity contribution >= 4 is 11.6 Å². The second-order valence-electron chi connectivity index (χ2n) is 6.48. The van der Waals surface area contributed by atoms with Gasteiger partial charge in [0, 0.05) is 11.8 Å². The molecule has 1 aliphatic rings. The standard InChI is InChI=1S/C21H26N2O2/c1-25-19-13-9-12-18(16-19)22-21(24)20(17-10-5-4-6-11-17)23-14-7-2-3-8-15-23/h4-6,9-13,16,20H,2-3,7-8,14-15H2,1H3,(H,22,24). The van der Waals surface area contributed by atoms with Crippen molar-refractivity contribution in [2.45, 2.75) is 31.7 Å². The normalized spacial score (nSPS) is 16.7. The molecule has 0 aliphatic carbocycles. The van der Waals surface area contributed by atoms with Gasteiger partial charge in [0.1, 0.15) is 11.8 Å². The highest BCUT2D eigenvalue weighted by molar-refractivity contribution is 5.95. The third-order valence-corrected chi connectivity index (χ3v) is 4.71. The Kier molecular flexibility index (Phi) is 6.07. The molecule has 1 aliphatic heterocycles. The minimum atomic E-state index is -0.259. The average Bonchev–Trinajstić information content (AvgIpc) is 2.92. The van der Waals surface area contributed by atoms with Crippen LogP contribution in [0.2, 0.25) is 0 Å². The van der Waals surface area contributed by atoms with Gasteiger partial charge in [0.25, 0.3) is 0 Å². The van der Waals surface area contributed by atoms with Crippen LogP contribution < -0.4 is 10.1 Å². The molecule has 0 spiro atoms. The lowest BCUT2D eigenvalue weighted by molar-refractivity contribution is -0.121. The minimum absolute atomic E-state index is 0.0151. The zero-order chi connectivity index (χ0) is 17.5. The zero-order valence-electron chi connectivity index (χ0n) is 14.8. The maximum atomic E-state index is 13.1. The van der Waals surface area contributed by atoms with Crippen molar-refractivity contribution in [3.63, 3.8) is 0 Å². The van der Waals surface area contributed by atoms with Gasteiger partial charge >= 0.3 is 0 Å². The predicted molar refractivity (Wildman–Crippen MR) is 101 cm³/mol. The molecule has 1 N–H and O–H groups in total. The van der Waals surface area contributed by atoms with Gasteiger partial charge in [-0.1, -0.05) is 49.2 Å². The fraction of sp³-hybridized carbons (Fsp3) is 0.381. The van der Waals surface area contributed by atoms with Gasteiger partial charge in [0.15, 0.2) is 0 Å². The first-order chi connectivity index (χ1) is 12.3. The van der Waals surface area contributed by atoms with Gasteiger partial charge in [0.2, 0.25) is 5.91 Å². The van der Waals surface area contributed by atoms with Gasteiger partial charge in [-0.3, -0.25) is 9.69 Å². The number of hydrogen-bond donors (Lipinski definition) is 1. The average molecular weight is 338 g/mol. The summed E-state index contributed by atoms with van der Waals surface area (Å²) in [7, 11) is 1.63. The Hall–Kier alpha value is -2.33. The SMILES string of the molecule is COc1cccc(NC(=O)C(c2ccccc2)N2CCCCCC2)c1. The highest BCUT2D eigenvalue weighted by atomic mass is 16.5. The molecule has 4 heteroatoms. The van der Waals surface area contributed by atoms with Crippen molar-refractivity contribution in [2.75, 3.05) is 25.5 Å². The van der Waals surface area contributed by atoms with Crippen molar-refractivity contribution in [1.29, 1.82) is 0 Å². The first kappa shape index (κ1) is 17.5. The van der Waals surface area contributed by atoms with Crippen LogP contribution in [0.25, 0.3) is 0 Å². The minimum Gasteiger partial charge on any atom is -0.497 e. The van der Waals surface area contributed by atoms with E-state index in [1.807, 2.05) is 54.6 Å². The molecule has 0 bridgehead atoms. The number of benzene rings is 2. The first-order valence-electron chi connectivity index (χ1n) is 9.02. The van der Waals surface area contributed by atoms with Crippen molar-refractivity contribution in [3.8, 4) is 5.75 Å². The van der Waals surface area contributed by atoms with Crippen molar-refractivity contribution in [2.24, 2.45) is 0 Å². The first-order valence-corrected chi connectivity index (χ1v) is 9.02. The molecule has 25 heavy (non-hydrogen) atoms. The van der Waals surface area contributed by atoms with E-state index in [2.05, 4.69) is 10.2 Å². The quantitative estimate of drug-likeness (QED) is 0.886. The van der Waals surface area contributed by atoms with Crippen LogP contribution in [0.4, 0.5) is 5.69 Å². The van der Waals surface area contributed by atoms with Crippen LogP contribution in [0.1, 0.15) is 37.3 Å². The maximum absolute atomic E-state index is 13.1. The summed E-state index contributed by atoms with van der Waals surface area (Å²) in [5.74, 6) is 0.755. The summed E-state index contributed by atoms with van der Waals surface area (Å²) in [5.41, 5.74) is 1.81. The van der Waals surface area contributed by atoms with Crippen LogP contribution in [0.15, 0.2) is 54.6 Å². The van der Waals surface area contributed by atoms with E-state index in [1.165, 1.54) is 12.8 Å². The molecule has 0 radical (unpaired) electrons. The largest absolute Gasteiger partial charge is 0.497 e. The van der Waals surface area contributed by atoms with Gasteiger partial charge < -0.3 is 10.1 Å². The smallest absolute Gasteiger partial charge is 0.246 e. The van der Waals surface area contributed by atoms with Gasteiger partial charge in [-0.15, -0.1) is 0 Å². The van der Waals surface area contributed by atoms with E-state index in [1.54, 1.807) is 7.11 Å². The van der Waals surface area contributed by atoms with Crippen molar-refractivity contribution in [3.05, 3.63) is 60.2 Å². The Labute approximate surface area is 149 Å². The van der Waals surface area contributed by atoms with Crippen LogP contribution in [-0.2, 0) is 4.79 Å². The van der Waals surface area contributed by atoms with E-state index in [4.69, 9.17) is 4.74 Å². The summed E-state index contributed by atoms with van der Waals surface area (Å²) in [6.07, 6.45) is 4.79. The molecule has 1 fully saturated rings. The fourth-order valence-corrected chi connectivity index (χ4v) is 3.43. The van der Waals surface area contributed by atoms with E-state index < -0.39 is 0 Å². The molecule has 132 valence electrons. The van der Waals surface area contributed by atoms with E-state index in [-0.39, 0.29) is 11.9 Å². The summed E-state index contributed by atoms with van der Waals surface area (Å²) in [6, 6.07) is 17.3.